The standard InChI is InChI=1S/C11H17N3O4S/c1-13-11(15)8-14-19(16,17)7-6-18-10-4-2-9(12)3-5-10/h2-5,14H,6-8,12H2,1H3,(H,13,15). The zero-order chi connectivity index (χ0) is 14.3. The molecule has 0 fully saturated rings. The molecular formula is C11H17N3O4S. The number of carbonyl (C=O) groups excluding carboxylic acids is 1. The summed E-state index contributed by atoms with van der Waals surface area (Å²) in [5, 5.41) is 2.32. The van der Waals surface area contributed by atoms with Crippen molar-refractivity contribution in [3.05, 3.63) is 24.3 Å². The van der Waals surface area contributed by atoms with Gasteiger partial charge in [0.1, 0.15) is 12.4 Å². The first kappa shape index (κ1) is 15.3. The van der Waals surface area contributed by atoms with Crippen LogP contribution in [0, 0.1) is 0 Å². The molecule has 19 heavy (non-hydrogen) atoms. The second-order valence-corrected chi connectivity index (χ2v) is 5.66. The van der Waals surface area contributed by atoms with Crippen molar-refractivity contribution in [2.45, 2.75) is 0 Å². The molecule has 1 amide bonds. The summed E-state index contributed by atoms with van der Waals surface area (Å²) in [6, 6.07) is 6.63. The predicted octanol–water partition coefficient (Wildman–Crippen LogP) is -0.687. The van der Waals surface area contributed by atoms with E-state index in [2.05, 4.69) is 10.0 Å². The summed E-state index contributed by atoms with van der Waals surface area (Å²) in [7, 11) is -2.09. The first-order valence-corrected chi connectivity index (χ1v) is 7.24. The van der Waals surface area contributed by atoms with Crippen molar-refractivity contribution in [2.24, 2.45) is 0 Å². The molecule has 0 heterocycles. The van der Waals surface area contributed by atoms with Crippen LogP contribution in [0.5, 0.6) is 5.75 Å². The van der Waals surface area contributed by atoms with E-state index in [0.29, 0.717) is 11.4 Å². The van der Waals surface area contributed by atoms with Gasteiger partial charge in [-0.25, -0.2) is 13.1 Å². The van der Waals surface area contributed by atoms with E-state index in [1.54, 1.807) is 24.3 Å². The Morgan fingerprint density at radius 1 is 1.32 bits per heavy atom. The molecule has 0 radical (unpaired) electrons. The van der Waals surface area contributed by atoms with Gasteiger partial charge in [0, 0.05) is 12.7 Å². The molecule has 1 aromatic carbocycles. The molecule has 0 atom stereocenters. The fraction of sp³-hybridized carbons (Fsp3) is 0.364. The third-order valence-corrected chi connectivity index (χ3v) is 3.52. The molecule has 1 aromatic rings. The van der Waals surface area contributed by atoms with Crippen LogP contribution in [0.25, 0.3) is 0 Å². The van der Waals surface area contributed by atoms with Crippen LogP contribution in [0.3, 0.4) is 0 Å². The van der Waals surface area contributed by atoms with Crippen molar-refractivity contribution in [2.75, 3.05) is 31.7 Å². The summed E-state index contributed by atoms with van der Waals surface area (Å²) in [6.07, 6.45) is 0. The number of sulfonamides is 1. The SMILES string of the molecule is CNC(=O)CNS(=O)(=O)CCOc1ccc(N)cc1. The predicted molar refractivity (Wildman–Crippen MR) is 72.2 cm³/mol. The number of benzene rings is 1. The van der Waals surface area contributed by atoms with Crippen LogP contribution < -0.4 is 20.5 Å². The number of hydrogen-bond donors (Lipinski definition) is 3. The molecule has 0 aliphatic rings. The minimum Gasteiger partial charge on any atom is -0.492 e. The van der Waals surface area contributed by atoms with Gasteiger partial charge in [0.2, 0.25) is 15.9 Å². The highest BCUT2D eigenvalue weighted by Crippen LogP contribution is 2.12. The highest BCUT2D eigenvalue weighted by atomic mass is 32.2. The third kappa shape index (κ3) is 6.07. The Balaban J connectivity index is 2.35. The van der Waals surface area contributed by atoms with Gasteiger partial charge in [0.15, 0.2) is 0 Å². The fourth-order valence-electron chi connectivity index (χ4n) is 1.17. The average molecular weight is 287 g/mol. The average Bonchev–Trinajstić information content (AvgIpc) is 2.38. The minimum atomic E-state index is -3.53. The monoisotopic (exact) mass is 287 g/mol. The van der Waals surface area contributed by atoms with Crippen LogP contribution in [0.15, 0.2) is 24.3 Å². The summed E-state index contributed by atoms with van der Waals surface area (Å²) in [5.41, 5.74) is 6.11. The molecule has 0 aromatic heterocycles. The highest BCUT2D eigenvalue weighted by Gasteiger charge is 2.11. The lowest BCUT2D eigenvalue weighted by atomic mass is 10.3. The molecule has 7 nitrogen and oxygen atoms in total. The van der Waals surface area contributed by atoms with Crippen molar-refractivity contribution in [3.8, 4) is 5.75 Å². The molecule has 0 aliphatic heterocycles. The van der Waals surface area contributed by atoms with Gasteiger partial charge >= 0.3 is 0 Å². The van der Waals surface area contributed by atoms with Gasteiger partial charge in [0.05, 0.1) is 12.3 Å². The topological polar surface area (TPSA) is 111 Å². The van der Waals surface area contributed by atoms with Gasteiger partial charge in [-0.15, -0.1) is 0 Å². The summed E-state index contributed by atoms with van der Waals surface area (Å²) >= 11 is 0. The largest absolute Gasteiger partial charge is 0.492 e. The maximum Gasteiger partial charge on any atom is 0.234 e. The number of hydrogen-bond acceptors (Lipinski definition) is 5. The van der Waals surface area contributed by atoms with Crippen molar-refractivity contribution in [3.63, 3.8) is 0 Å². The van der Waals surface area contributed by atoms with Crippen LogP contribution in [0.1, 0.15) is 0 Å². The maximum absolute atomic E-state index is 11.5. The van der Waals surface area contributed by atoms with Gasteiger partial charge < -0.3 is 15.8 Å². The van der Waals surface area contributed by atoms with E-state index in [-0.39, 0.29) is 18.9 Å². The van der Waals surface area contributed by atoms with Gasteiger partial charge in [-0.05, 0) is 24.3 Å². The number of anilines is 1. The highest BCUT2D eigenvalue weighted by molar-refractivity contribution is 7.89. The van der Waals surface area contributed by atoms with Crippen molar-refractivity contribution < 1.29 is 17.9 Å². The summed E-state index contributed by atoms with van der Waals surface area (Å²) in [5.74, 6) is -0.0901. The Morgan fingerprint density at radius 2 is 1.95 bits per heavy atom. The third-order valence-electron chi connectivity index (χ3n) is 2.23. The van der Waals surface area contributed by atoms with Crippen LogP contribution in [0.2, 0.25) is 0 Å². The summed E-state index contributed by atoms with van der Waals surface area (Å²) in [6.45, 7) is -0.284. The molecule has 0 spiro atoms. The normalized spacial score (nSPS) is 11.0. The lowest BCUT2D eigenvalue weighted by Gasteiger charge is -2.08. The smallest absolute Gasteiger partial charge is 0.234 e. The Kier molecular flexibility index (Phi) is 5.58. The van der Waals surface area contributed by atoms with Crippen LogP contribution in [-0.2, 0) is 14.8 Å². The number of ether oxygens (including phenoxy) is 1. The van der Waals surface area contributed by atoms with Gasteiger partial charge in [0.25, 0.3) is 0 Å². The first-order chi connectivity index (χ1) is 8.93. The lowest BCUT2D eigenvalue weighted by molar-refractivity contribution is -0.119. The van der Waals surface area contributed by atoms with Crippen LogP contribution >= 0.6 is 0 Å². The molecule has 8 heteroatoms. The van der Waals surface area contributed by atoms with E-state index in [1.807, 2.05) is 0 Å². The molecule has 106 valence electrons. The Labute approximate surface area is 112 Å². The maximum atomic E-state index is 11.5. The molecule has 1 rings (SSSR count). The van der Waals surface area contributed by atoms with Gasteiger partial charge in [-0.1, -0.05) is 0 Å². The van der Waals surface area contributed by atoms with E-state index in [1.165, 1.54) is 7.05 Å². The molecule has 0 aliphatic carbocycles. The zero-order valence-corrected chi connectivity index (χ0v) is 11.4. The van der Waals surface area contributed by atoms with Crippen LogP contribution in [-0.4, -0.2) is 40.3 Å². The fourth-order valence-corrected chi connectivity index (χ4v) is 1.97. The number of rotatable bonds is 7. The van der Waals surface area contributed by atoms with Crippen molar-refractivity contribution in [1.82, 2.24) is 10.0 Å². The van der Waals surface area contributed by atoms with E-state index in [4.69, 9.17) is 10.5 Å². The lowest BCUT2D eigenvalue weighted by Crippen LogP contribution is -2.37. The van der Waals surface area contributed by atoms with Crippen molar-refractivity contribution in [1.29, 1.82) is 0 Å². The first-order valence-electron chi connectivity index (χ1n) is 5.59. The Hall–Kier alpha value is -1.80. The van der Waals surface area contributed by atoms with E-state index in [0.717, 1.165) is 0 Å². The molecule has 0 bridgehead atoms. The van der Waals surface area contributed by atoms with Crippen LogP contribution in [0.4, 0.5) is 5.69 Å². The zero-order valence-electron chi connectivity index (χ0n) is 10.5. The molecule has 4 N–H and O–H groups in total. The van der Waals surface area contributed by atoms with E-state index < -0.39 is 15.9 Å². The number of likely N-dealkylation sites (N-methyl/N-ethyl adjacent to an activating group) is 1. The molecule has 0 saturated heterocycles. The number of nitrogens with two attached hydrogens (primary N) is 1. The second kappa shape index (κ2) is 6.95. The van der Waals surface area contributed by atoms with Gasteiger partial charge in [-0.3, -0.25) is 4.79 Å². The second-order valence-electron chi connectivity index (χ2n) is 3.73. The molecule has 0 saturated carbocycles. The number of nitrogens with one attached hydrogen (secondary N) is 2. The Morgan fingerprint density at radius 3 is 2.53 bits per heavy atom. The molecule has 0 unspecified atom stereocenters. The van der Waals surface area contributed by atoms with Crippen molar-refractivity contribution >= 4 is 21.6 Å². The molecular weight excluding hydrogens is 270 g/mol. The number of carbonyl (C=O) groups is 1. The Bertz CT molecular complexity index is 513. The van der Waals surface area contributed by atoms with E-state index >= 15 is 0 Å². The number of nitrogen functional groups attached to an aromatic ring is 1. The number of amides is 1. The van der Waals surface area contributed by atoms with E-state index in [9.17, 15) is 13.2 Å². The summed E-state index contributed by atoms with van der Waals surface area (Å²) < 4.78 is 30.4. The minimum absolute atomic E-state index is 0.00695. The quantitative estimate of drug-likeness (QED) is 0.575. The summed E-state index contributed by atoms with van der Waals surface area (Å²) in [4.78, 5) is 10.9. The van der Waals surface area contributed by atoms with Gasteiger partial charge in [-0.2, -0.15) is 0 Å².